The topological polar surface area (TPSA) is 56.3 Å². The summed E-state index contributed by atoms with van der Waals surface area (Å²) in [6.07, 6.45) is 10.0. The molecule has 3 heterocycles. The fourth-order valence-electron chi connectivity index (χ4n) is 4.33. The third kappa shape index (κ3) is 6.69. The van der Waals surface area contributed by atoms with Crippen molar-refractivity contribution in [2.45, 2.75) is 57.9 Å². The Balaban J connectivity index is 1.49. The number of nitrogens with zero attached hydrogens (tertiary/aromatic N) is 4. The molecule has 32 heavy (non-hydrogen) atoms. The lowest BCUT2D eigenvalue weighted by Gasteiger charge is -2.26. The van der Waals surface area contributed by atoms with Gasteiger partial charge in [0.15, 0.2) is 5.11 Å². The molecule has 2 aliphatic rings. The summed E-state index contributed by atoms with van der Waals surface area (Å²) in [5, 5.41) is 7.74. The molecule has 8 heteroatoms. The fraction of sp³-hybridized carbons (Fsp3) is 0.542. The van der Waals surface area contributed by atoms with Gasteiger partial charge >= 0.3 is 0 Å². The molecule has 0 atom stereocenters. The lowest BCUT2D eigenvalue weighted by molar-refractivity contribution is 0.726. The van der Waals surface area contributed by atoms with Gasteiger partial charge < -0.3 is 20.4 Å². The Morgan fingerprint density at radius 2 is 1.31 bits per heavy atom. The van der Waals surface area contributed by atoms with Gasteiger partial charge in [-0.05, 0) is 55.6 Å². The van der Waals surface area contributed by atoms with Crippen LogP contribution in [0.4, 0.5) is 17.6 Å². The van der Waals surface area contributed by atoms with Crippen molar-refractivity contribution in [2.24, 2.45) is 0 Å². The number of anilines is 3. The highest BCUT2D eigenvalue weighted by Gasteiger charge is 2.18. The summed E-state index contributed by atoms with van der Waals surface area (Å²) < 4.78 is 0. The maximum absolute atomic E-state index is 5.98. The van der Waals surface area contributed by atoms with Crippen LogP contribution in [0, 0.1) is 0 Å². The van der Waals surface area contributed by atoms with E-state index in [1.54, 1.807) is 0 Å². The number of thiocarbonyl (C=S) groups is 1. The van der Waals surface area contributed by atoms with Crippen LogP contribution in [0.3, 0.4) is 0 Å². The maximum atomic E-state index is 5.98. The van der Waals surface area contributed by atoms with Crippen molar-refractivity contribution in [1.29, 1.82) is 0 Å². The summed E-state index contributed by atoms with van der Waals surface area (Å²) in [6, 6.07) is 9.93. The number of nitrogens with one attached hydrogen (secondary N) is 2. The molecule has 4 rings (SSSR count). The number of hydrogen-bond donors (Lipinski definition) is 2. The van der Waals surface area contributed by atoms with Crippen LogP contribution in [-0.4, -0.2) is 41.3 Å². The van der Waals surface area contributed by atoms with Gasteiger partial charge in [0.05, 0.1) is 0 Å². The molecule has 6 nitrogen and oxygen atoms in total. The Labute approximate surface area is 201 Å². The van der Waals surface area contributed by atoms with E-state index in [9.17, 15) is 0 Å². The van der Waals surface area contributed by atoms with E-state index in [1.807, 2.05) is 24.3 Å². The molecular formula is C24H33ClN6S. The van der Waals surface area contributed by atoms with E-state index in [0.29, 0.717) is 17.6 Å². The van der Waals surface area contributed by atoms with Gasteiger partial charge in [-0.3, -0.25) is 0 Å². The lowest BCUT2D eigenvalue weighted by Crippen LogP contribution is -2.31. The second-order valence-electron chi connectivity index (χ2n) is 8.64. The SMILES string of the molecule is S=C(NCc1ccc(Cl)cc1)Nc1nc(N2CCCCCC2)cc(N2CCCCCC2)n1. The van der Waals surface area contributed by atoms with Gasteiger partial charge in [-0.2, -0.15) is 9.97 Å². The smallest absolute Gasteiger partial charge is 0.232 e. The molecule has 0 spiro atoms. The van der Waals surface area contributed by atoms with E-state index in [-0.39, 0.29) is 0 Å². The van der Waals surface area contributed by atoms with Gasteiger partial charge in [0.1, 0.15) is 11.6 Å². The van der Waals surface area contributed by atoms with Crippen molar-refractivity contribution in [3.05, 3.63) is 40.9 Å². The molecule has 0 aliphatic carbocycles. The molecule has 2 aromatic rings. The molecule has 2 aliphatic heterocycles. The molecule has 0 amide bonds. The van der Waals surface area contributed by atoms with Crippen LogP contribution in [0.15, 0.2) is 30.3 Å². The quantitative estimate of drug-likeness (QED) is 0.566. The van der Waals surface area contributed by atoms with Crippen molar-refractivity contribution in [3.8, 4) is 0 Å². The molecular weight excluding hydrogens is 440 g/mol. The number of hydrogen-bond acceptors (Lipinski definition) is 5. The van der Waals surface area contributed by atoms with Crippen LogP contribution in [0.25, 0.3) is 0 Å². The molecule has 1 aromatic heterocycles. The highest BCUT2D eigenvalue weighted by atomic mass is 35.5. The molecule has 0 bridgehead atoms. The van der Waals surface area contributed by atoms with Crippen LogP contribution in [0.1, 0.15) is 56.9 Å². The summed E-state index contributed by atoms with van der Waals surface area (Å²) in [5.41, 5.74) is 1.11. The minimum atomic E-state index is 0.523. The van der Waals surface area contributed by atoms with E-state index in [2.05, 4.69) is 26.5 Å². The molecule has 0 unspecified atom stereocenters. The van der Waals surface area contributed by atoms with Crippen molar-refractivity contribution in [2.75, 3.05) is 41.3 Å². The number of benzene rings is 1. The van der Waals surface area contributed by atoms with Gasteiger partial charge in [0, 0.05) is 43.8 Å². The second-order valence-corrected chi connectivity index (χ2v) is 9.49. The van der Waals surface area contributed by atoms with E-state index >= 15 is 0 Å². The molecule has 0 radical (unpaired) electrons. The Bertz CT molecular complexity index is 836. The zero-order chi connectivity index (χ0) is 22.2. The minimum absolute atomic E-state index is 0.523. The number of halogens is 1. The van der Waals surface area contributed by atoms with Gasteiger partial charge in [-0.1, -0.05) is 49.4 Å². The van der Waals surface area contributed by atoms with E-state index < -0.39 is 0 Å². The fourth-order valence-corrected chi connectivity index (χ4v) is 4.62. The van der Waals surface area contributed by atoms with Crippen molar-refractivity contribution in [1.82, 2.24) is 15.3 Å². The normalized spacial score (nSPS) is 17.4. The first-order valence-corrected chi connectivity index (χ1v) is 12.6. The predicted octanol–water partition coefficient (Wildman–Crippen LogP) is 5.38. The van der Waals surface area contributed by atoms with Crippen molar-refractivity contribution in [3.63, 3.8) is 0 Å². The van der Waals surface area contributed by atoms with Gasteiger partial charge in [0.25, 0.3) is 0 Å². The monoisotopic (exact) mass is 472 g/mol. The molecule has 0 saturated carbocycles. The molecule has 2 fully saturated rings. The van der Waals surface area contributed by atoms with Crippen molar-refractivity contribution >= 4 is 46.5 Å². The second kappa shape index (κ2) is 11.7. The van der Waals surface area contributed by atoms with E-state index in [4.69, 9.17) is 33.8 Å². The van der Waals surface area contributed by atoms with Crippen LogP contribution < -0.4 is 20.4 Å². The largest absolute Gasteiger partial charge is 0.358 e. The average molecular weight is 473 g/mol. The third-order valence-corrected chi connectivity index (χ3v) is 6.65. The Kier molecular flexibility index (Phi) is 8.40. The molecule has 2 saturated heterocycles. The maximum Gasteiger partial charge on any atom is 0.232 e. The third-order valence-electron chi connectivity index (χ3n) is 6.15. The highest BCUT2D eigenvalue weighted by molar-refractivity contribution is 7.80. The summed E-state index contributed by atoms with van der Waals surface area (Å²) in [4.78, 5) is 14.5. The Hall–Kier alpha value is -2.12. The summed E-state index contributed by atoms with van der Waals surface area (Å²) >= 11 is 11.5. The first-order chi connectivity index (χ1) is 15.7. The van der Waals surface area contributed by atoms with Gasteiger partial charge in [-0.25, -0.2) is 0 Å². The van der Waals surface area contributed by atoms with E-state index in [0.717, 1.165) is 48.4 Å². The lowest BCUT2D eigenvalue weighted by atomic mass is 10.2. The highest BCUT2D eigenvalue weighted by Crippen LogP contribution is 2.25. The summed E-state index contributed by atoms with van der Waals surface area (Å²) in [5.74, 6) is 2.58. The molecule has 2 N–H and O–H groups in total. The number of aromatic nitrogens is 2. The zero-order valence-electron chi connectivity index (χ0n) is 18.7. The number of rotatable bonds is 5. The Morgan fingerprint density at radius 3 is 1.81 bits per heavy atom. The van der Waals surface area contributed by atoms with Crippen LogP contribution in [-0.2, 0) is 6.54 Å². The first-order valence-electron chi connectivity index (χ1n) is 11.9. The standard InChI is InChI=1S/C24H33ClN6S/c25-20-11-9-19(10-12-20)18-26-24(32)29-23-27-21(30-13-5-1-2-6-14-30)17-22(28-23)31-15-7-3-4-8-16-31/h9-12,17H,1-8,13-16,18H2,(H2,26,27,28,29,32). The summed E-state index contributed by atoms with van der Waals surface area (Å²) in [6.45, 7) is 4.82. The first kappa shape index (κ1) is 23.1. The van der Waals surface area contributed by atoms with Crippen LogP contribution in [0.2, 0.25) is 5.02 Å². The Morgan fingerprint density at radius 1 is 0.812 bits per heavy atom. The predicted molar refractivity (Wildman–Crippen MR) is 138 cm³/mol. The molecule has 172 valence electrons. The van der Waals surface area contributed by atoms with E-state index in [1.165, 1.54) is 51.4 Å². The van der Waals surface area contributed by atoms with Gasteiger partial charge in [0.2, 0.25) is 5.95 Å². The van der Waals surface area contributed by atoms with Crippen LogP contribution >= 0.6 is 23.8 Å². The minimum Gasteiger partial charge on any atom is -0.358 e. The van der Waals surface area contributed by atoms with Gasteiger partial charge in [-0.15, -0.1) is 0 Å². The van der Waals surface area contributed by atoms with Crippen LogP contribution in [0.5, 0.6) is 0 Å². The van der Waals surface area contributed by atoms with Crippen molar-refractivity contribution < 1.29 is 0 Å². The summed E-state index contributed by atoms with van der Waals surface area (Å²) in [7, 11) is 0. The average Bonchev–Trinajstić information content (AvgIpc) is 3.24. The molecule has 1 aromatic carbocycles. The zero-order valence-corrected chi connectivity index (χ0v) is 20.2.